The Morgan fingerprint density at radius 3 is 2.68 bits per heavy atom. The predicted octanol–water partition coefficient (Wildman–Crippen LogP) is 4.35. The first-order valence-electron chi connectivity index (χ1n) is 13.1. The van der Waals surface area contributed by atoms with Crippen LogP contribution in [0.15, 0.2) is 12.3 Å². The number of ether oxygens (including phenoxy) is 2. The van der Waals surface area contributed by atoms with E-state index in [0.717, 1.165) is 82.5 Å². The minimum Gasteiger partial charge on any atom is -0.381 e. The second-order valence-corrected chi connectivity index (χ2v) is 17.7. The number of anilines is 2. The van der Waals surface area contributed by atoms with Crippen molar-refractivity contribution >= 4 is 25.5 Å². The SMILES string of the molecule is C[Si](C)(C)CCOCN1CC2(CCOCC2)c2cnc(NC(=O)C(N)[C@H]3CC[C@H](C)CC3)cc21. The van der Waals surface area contributed by atoms with E-state index in [0.29, 0.717) is 12.5 Å². The number of rotatable bonds is 8. The number of nitrogens with one attached hydrogen (secondary N) is 1. The average Bonchev–Trinajstić information content (AvgIpc) is 3.08. The van der Waals surface area contributed by atoms with Crippen molar-refractivity contribution in [1.29, 1.82) is 0 Å². The molecule has 3 heterocycles. The summed E-state index contributed by atoms with van der Waals surface area (Å²) in [5, 5.41) is 3.02. The van der Waals surface area contributed by atoms with Gasteiger partial charge in [0.1, 0.15) is 12.5 Å². The maximum Gasteiger partial charge on any atom is 0.242 e. The lowest BCUT2D eigenvalue weighted by atomic mass is 9.76. The highest BCUT2D eigenvalue weighted by molar-refractivity contribution is 6.76. The molecule has 2 aliphatic heterocycles. The van der Waals surface area contributed by atoms with Gasteiger partial charge in [-0.2, -0.15) is 0 Å². The van der Waals surface area contributed by atoms with Gasteiger partial charge >= 0.3 is 0 Å². The smallest absolute Gasteiger partial charge is 0.242 e. The van der Waals surface area contributed by atoms with Gasteiger partial charge in [0.05, 0.1) is 6.04 Å². The van der Waals surface area contributed by atoms with Gasteiger partial charge in [-0.3, -0.25) is 4.79 Å². The van der Waals surface area contributed by atoms with E-state index < -0.39 is 14.1 Å². The molecule has 190 valence electrons. The molecular weight excluding hydrogens is 444 g/mol. The second kappa shape index (κ2) is 10.6. The molecule has 1 spiro atoms. The zero-order valence-electron chi connectivity index (χ0n) is 21.6. The third-order valence-corrected chi connectivity index (χ3v) is 9.81. The van der Waals surface area contributed by atoms with Crippen molar-refractivity contribution in [2.45, 2.75) is 82.6 Å². The summed E-state index contributed by atoms with van der Waals surface area (Å²) in [5.41, 5.74) is 8.81. The largest absolute Gasteiger partial charge is 0.381 e. The first kappa shape index (κ1) is 25.6. The molecule has 1 saturated carbocycles. The normalized spacial score (nSPS) is 25.3. The number of aromatic nitrogens is 1. The van der Waals surface area contributed by atoms with Crippen molar-refractivity contribution in [3.8, 4) is 0 Å². The summed E-state index contributed by atoms with van der Waals surface area (Å²) in [6, 6.07) is 2.70. The van der Waals surface area contributed by atoms with Gasteiger partial charge < -0.3 is 25.4 Å². The van der Waals surface area contributed by atoms with Crippen molar-refractivity contribution in [2.24, 2.45) is 17.6 Å². The van der Waals surface area contributed by atoms with Gasteiger partial charge in [0.25, 0.3) is 0 Å². The van der Waals surface area contributed by atoms with Crippen LogP contribution in [0.5, 0.6) is 0 Å². The Bertz CT molecular complexity index is 845. The molecule has 34 heavy (non-hydrogen) atoms. The van der Waals surface area contributed by atoms with Crippen LogP contribution in [0, 0.1) is 11.8 Å². The monoisotopic (exact) mass is 488 g/mol. The van der Waals surface area contributed by atoms with Gasteiger partial charge in [-0.1, -0.05) is 39.4 Å². The Balaban J connectivity index is 1.46. The highest BCUT2D eigenvalue weighted by atomic mass is 28.3. The Morgan fingerprint density at radius 1 is 1.29 bits per heavy atom. The van der Waals surface area contributed by atoms with Crippen LogP contribution in [0.4, 0.5) is 11.5 Å². The van der Waals surface area contributed by atoms with Crippen LogP contribution in [0.3, 0.4) is 0 Å². The highest BCUT2D eigenvalue weighted by Crippen LogP contribution is 2.47. The Kier molecular flexibility index (Phi) is 8.01. The van der Waals surface area contributed by atoms with E-state index in [9.17, 15) is 4.79 Å². The second-order valence-electron chi connectivity index (χ2n) is 12.1. The standard InChI is InChI=1S/C26H44N4O3Si/c1-19-5-7-20(8-6-19)24(27)25(31)29-23-15-22-21(16-28-23)26(9-11-32-12-10-26)17-30(22)18-33-13-14-34(2,3)4/h15-16,19-20,24H,5-14,17-18,27H2,1-4H3,(H,28,29,31)/t19-,20-,24?. The number of carbonyl (C=O) groups is 1. The number of carbonyl (C=O) groups excluding carboxylic acids is 1. The van der Waals surface area contributed by atoms with Crippen LogP contribution >= 0.6 is 0 Å². The fourth-order valence-electron chi connectivity index (χ4n) is 5.65. The number of hydrogen-bond donors (Lipinski definition) is 2. The molecule has 1 aliphatic carbocycles. The molecule has 1 atom stereocenters. The molecule has 4 rings (SSSR count). The molecule has 2 fully saturated rings. The summed E-state index contributed by atoms with van der Waals surface area (Å²) >= 11 is 0. The summed E-state index contributed by atoms with van der Waals surface area (Å²) in [4.78, 5) is 19.9. The predicted molar refractivity (Wildman–Crippen MR) is 140 cm³/mol. The number of amides is 1. The molecule has 1 saturated heterocycles. The summed E-state index contributed by atoms with van der Waals surface area (Å²) in [6.07, 6.45) is 8.31. The molecule has 7 nitrogen and oxygen atoms in total. The Hall–Kier alpha value is -1.48. The first-order valence-corrected chi connectivity index (χ1v) is 16.8. The average molecular weight is 489 g/mol. The third-order valence-electron chi connectivity index (χ3n) is 8.10. The van der Waals surface area contributed by atoms with Gasteiger partial charge in [-0.05, 0) is 43.6 Å². The van der Waals surface area contributed by atoms with Gasteiger partial charge in [-0.25, -0.2) is 4.98 Å². The van der Waals surface area contributed by atoms with Gasteiger partial charge in [0, 0.05) is 63.4 Å². The van der Waals surface area contributed by atoms with E-state index in [4.69, 9.17) is 15.2 Å². The molecule has 3 aliphatic rings. The van der Waals surface area contributed by atoms with Crippen molar-refractivity contribution in [3.05, 3.63) is 17.8 Å². The Morgan fingerprint density at radius 2 is 2.00 bits per heavy atom. The van der Waals surface area contributed by atoms with Crippen LogP contribution < -0.4 is 16.0 Å². The summed E-state index contributed by atoms with van der Waals surface area (Å²) < 4.78 is 11.8. The lowest BCUT2D eigenvalue weighted by Gasteiger charge is -2.34. The fourth-order valence-corrected chi connectivity index (χ4v) is 6.40. The van der Waals surface area contributed by atoms with Gasteiger partial charge in [0.2, 0.25) is 5.91 Å². The van der Waals surface area contributed by atoms with Crippen LogP contribution in [0.1, 0.15) is 51.0 Å². The first-order chi connectivity index (χ1) is 16.2. The molecule has 1 unspecified atom stereocenters. The molecule has 0 aromatic carbocycles. The molecule has 3 N–H and O–H groups in total. The maximum absolute atomic E-state index is 12.9. The highest BCUT2D eigenvalue weighted by Gasteiger charge is 2.44. The molecule has 1 amide bonds. The Labute approximate surface area is 206 Å². The number of nitrogens with zero attached hydrogens (tertiary/aromatic N) is 2. The van der Waals surface area contributed by atoms with E-state index in [-0.39, 0.29) is 17.2 Å². The minimum absolute atomic E-state index is 0.0560. The molecule has 1 aromatic heterocycles. The molecule has 0 radical (unpaired) electrons. The fraction of sp³-hybridized carbons (Fsp3) is 0.769. The zero-order valence-corrected chi connectivity index (χ0v) is 22.6. The summed E-state index contributed by atoms with van der Waals surface area (Å²) in [7, 11) is -1.13. The molecule has 0 bridgehead atoms. The molecule has 8 heteroatoms. The van der Waals surface area contributed by atoms with Crippen molar-refractivity contribution in [3.63, 3.8) is 0 Å². The molecular formula is C26H44N4O3Si. The van der Waals surface area contributed by atoms with Crippen molar-refractivity contribution in [1.82, 2.24) is 4.98 Å². The summed E-state index contributed by atoms with van der Waals surface area (Å²) in [5.74, 6) is 1.46. The maximum atomic E-state index is 12.9. The van der Waals surface area contributed by atoms with E-state index in [1.54, 1.807) is 0 Å². The van der Waals surface area contributed by atoms with Crippen molar-refractivity contribution < 1.29 is 14.3 Å². The molecule has 1 aromatic rings. The number of pyridine rings is 1. The number of hydrogen-bond acceptors (Lipinski definition) is 6. The van der Waals surface area contributed by atoms with E-state index in [1.165, 1.54) is 5.56 Å². The third kappa shape index (κ3) is 6.01. The summed E-state index contributed by atoms with van der Waals surface area (Å²) in [6.45, 7) is 13.2. The lowest BCUT2D eigenvalue weighted by Crippen LogP contribution is -2.43. The van der Waals surface area contributed by atoms with Crippen LogP contribution in [-0.4, -0.2) is 58.1 Å². The van der Waals surface area contributed by atoms with Crippen LogP contribution in [0.25, 0.3) is 0 Å². The quantitative estimate of drug-likeness (QED) is 0.418. The number of nitrogens with two attached hydrogens (primary N) is 1. The van der Waals surface area contributed by atoms with Crippen LogP contribution in [-0.2, 0) is 19.7 Å². The van der Waals surface area contributed by atoms with E-state index >= 15 is 0 Å². The number of fused-ring (bicyclic) bond motifs is 2. The van der Waals surface area contributed by atoms with E-state index in [1.807, 2.05) is 12.3 Å². The van der Waals surface area contributed by atoms with Gasteiger partial charge in [0.15, 0.2) is 0 Å². The minimum atomic E-state index is -1.13. The van der Waals surface area contributed by atoms with Crippen molar-refractivity contribution in [2.75, 3.05) is 43.3 Å². The lowest BCUT2D eigenvalue weighted by molar-refractivity contribution is -0.118. The topological polar surface area (TPSA) is 89.7 Å². The zero-order chi connectivity index (χ0) is 24.3. The van der Waals surface area contributed by atoms with E-state index in [2.05, 4.69) is 41.8 Å². The van der Waals surface area contributed by atoms with Gasteiger partial charge in [-0.15, -0.1) is 0 Å². The van der Waals surface area contributed by atoms with Crippen LogP contribution in [0.2, 0.25) is 25.7 Å².